The number of ether oxygens (including phenoxy) is 1. The topological polar surface area (TPSA) is 58.6 Å². The van der Waals surface area contributed by atoms with Crippen LogP contribution in [0.15, 0.2) is 83.3 Å². The fraction of sp³-hybridized carbons (Fsp3) is 0.259. The summed E-state index contributed by atoms with van der Waals surface area (Å²) in [7, 11) is 0. The number of amides is 2. The summed E-state index contributed by atoms with van der Waals surface area (Å²) in [6.45, 7) is 3.82. The van der Waals surface area contributed by atoms with Gasteiger partial charge in [-0.2, -0.15) is 0 Å². The molecule has 178 valence electrons. The van der Waals surface area contributed by atoms with E-state index in [9.17, 15) is 9.59 Å². The van der Waals surface area contributed by atoms with Gasteiger partial charge in [-0.1, -0.05) is 82.1 Å². The van der Waals surface area contributed by atoms with Crippen LogP contribution in [-0.4, -0.2) is 35.4 Å². The van der Waals surface area contributed by atoms with Crippen LogP contribution in [0.25, 0.3) is 0 Å². The highest BCUT2D eigenvalue weighted by Gasteiger charge is 2.31. The molecule has 34 heavy (non-hydrogen) atoms. The molecule has 0 radical (unpaired) electrons. The summed E-state index contributed by atoms with van der Waals surface area (Å²) >= 11 is 9.68. The number of nitrogens with one attached hydrogen (secondary N) is 1. The Hall–Kier alpha value is -2.83. The summed E-state index contributed by atoms with van der Waals surface area (Å²) < 4.78 is 6.64. The van der Waals surface area contributed by atoms with Crippen LogP contribution in [0.4, 0.5) is 0 Å². The Balaban J connectivity index is 1.92. The lowest BCUT2D eigenvalue weighted by atomic mass is 10.0. The van der Waals surface area contributed by atoms with Crippen molar-refractivity contribution in [2.24, 2.45) is 0 Å². The lowest BCUT2D eigenvalue weighted by Gasteiger charge is -2.32. The molecule has 0 aliphatic carbocycles. The Morgan fingerprint density at radius 3 is 2.32 bits per heavy atom. The molecule has 0 saturated heterocycles. The first-order valence-electron chi connectivity index (χ1n) is 11.1. The first-order valence-corrected chi connectivity index (χ1v) is 12.3. The fourth-order valence-electron chi connectivity index (χ4n) is 3.55. The number of para-hydroxylation sites is 1. The van der Waals surface area contributed by atoms with Gasteiger partial charge in [0.1, 0.15) is 11.8 Å². The van der Waals surface area contributed by atoms with E-state index in [1.54, 1.807) is 29.2 Å². The zero-order chi connectivity index (χ0) is 24.5. The number of hydrogen-bond acceptors (Lipinski definition) is 3. The van der Waals surface area contributed by atoms with E-state index in [0.717, 1.165) is 15.6 Å². The van der Waals surface area contributed by atoms with Crippen LogP contribution in [0.1, 0.15) is 25.0 Å². The molecule has 3 rings (SSSR count). The second-order valence-electron chi connectivity index (χ2n) is 8.24. The molecule has 0 heterocycles. The highest BCUT2D eigenvalue weighted by atomic mass is 79.9. The second kappa shape index (κ2) is 12.6. The van der Waals surface area contributed by atoms with Gasteiger partial charge < -0.3 is 15.0 Å². The molecule has 5 nitrogen and oxygen atoms in total. The van der Waals surface area contributed by atoms with E-state index in [0.29, 0.717) is 17.2 Å². The number of rotatable bonds is 10. The van der Waals surface area contributed by atoms with E-state index in [1.807, 2.05) is 68.4 Å². The predicted octanol–water partition coefficient (Wildman–Crippen LogP) is 5.65. The summed E-state index contributed by atoms with van der Waals surface area (Å²) in [4.78, 5) is 28.4. The van der Waals surface area contributed by atoms with Crippen LogP contribution >= 0.6 is 27.5 Å². The van der Waals surface area contributed by atoms with Crippen LogP contribution in [0, 0.1) is 0 Å². The SMILES string of the molecule is CC(C)NC(=O)C(Cc1ccccc1)N(Cc1cccc(Br)c1)C(=O)COc1ccccc1Cl. The van der Waals surface area contributed by atoms with E-state index >= 15 is 0 Å². The fourth-order valence-corrected chi connectivity index (χ4v) is 4.19. The number of halogens is 2. The van der Waals surface area contributed by atoms with Gasteiger partial charge in [0.15, 0.2) is 6.61 Å². The van der Waals surface area contributed by atoms with Crippen molar-refractivity contribution >= 4 is 39.3 Å². The van der Waals surface area contributed by atoms with Gasteiger partial charge in [-0.15, -0.1) is 0 Å². The molecule has 1 N–H and O–H groups in total. The van der Waals surface area contributed by atoms with Gasteiger partial charge >= 0.3 is 0 Å². The van der Waals surface area contributed by atoms with Gasteiger partial charge in [0.05, 0.1) is 5.02 Å². The Kier molecular flexibility index (Phi) is 9.54. The van der Waals surface area contributed by atoms with Crippen molar-refractivity contribution in [3.63, 3.8) is 0 Å². The second-order valence-corrected chi connectivity index (χ2v) is 9.56. The Morgan fingerprint density at radius 2 is 1.65 bits per heavy atom. The Morgan fingerprint density at radius 1 is 0.971 bits per heavy atom. The van der Waals surface area contributed by atoms with Crippen molar-refractivity contribution in [3.05, 3.63) is 99.5 Å². The maximum Gasteiger partial charge on any atom is 0.261 e. The lowest BCUT2D eigenvalue weighted by molar-refractivity contribution is -0.143. The minimum Gasteiger partial charge on any atom is -0.482 e. The van der Waals surface area contributed by atoms with Crippen LogP contribution in [0.2, 0.25) is 5.02 Å². The normalized spacial score (nSPS) is 11.7. The number of carbonyl (C=O) groups excluding carboxylic acids is 2. The van der Waals surface area contributed by atoms with Gasteiger partial charge in [-0.05, 0) is 49.2 Å². The Bertz CT molecular complexity index is 1110. The third-order valence-electron chi connectivity index (χ3n) is 5.13. The monoisotopic (exact) mass is 542 g/mol. The molecule has 3 aromatic rings. The van der Waals surface area contributed by atoms with Crippen molar-refractivity contribution in [1.82, 2.24) is 10.2 Å². The van der Waals surface area contributed by atoms with Gasteiger partial charge in [0.25, 0.3) is 5.91 Å². The van der Waals surface area contributed by atoms with E-state index in [4.69, 9.17) is 16.3 Å². The van der Waals surface area contributed by atoms with Gasteiger partial charge in [0.2, 0.25) is 5.91 Å². The molecule has 7 heteroatoms. The zero-order valence-corrected chi connectivity index (χ0v) is 21.6. The van der Waals surface area contributed by atoms with Crippen LogP contribution in [0.3, 0.4) is 0 Å². The number of hydrogen-bond donors (Lipinski definition) is 1. The van der Waals surface area contributed by atoms with Crippen molar-refractivity contribution in [2.75, 3.05) is 6.61 Å². The summed E-state index contributed by atoms with van der Waals surface area (Å²) in [5.41, 5.74) is 1.86. The molecule has 1 unspecified atom stereocenters. The van der Waals surface area contributed by atoms with E-state index in [2.05, 4.69) is 21.2 Å². The molecule has 0 bridgehead atoms. The van der Waals surface area contributed by atoms with E-state index in [-0.39, 0.29) is 31.0 Å². The minimum atomic E-state index is -0.717. The van der Waals surface area contributed by atoms with Crippen molar-refractivity contribution < 1.29 is 14.3 Å². The highest BCUT2D eigenvalue weighted by molar-refractivity contribution is 9.10. The van der Waals surface area contributed by atoms with Gasteiger partial charge in [0, 0.05) is 23.5 Å². The maximum absolute atomic E-state index is 13.5. The summed E-state index contributed by atoms with van der Waals surface area (Å²) in [6, 6.07) is 23.6. The standard InChI is InChI=1S/C27H28BrClN2O3/c1-19(2)30-27(33)24(16-20-9-4-3-5-10-20)31(17-21-11-8-12-22(28)15-21)26(32)18-34-25-14-7-6-13-23(25)29/h3-15,19,24H,16-18H2,1-2H3,(H,30,33). The first kappa shape index (κ1) is 25.8. The maximum atomic E-state index is 13.5. The number of nitrogens with zero attached hydrogens (tertiary/aromatic N) is 1. The molecule has 2 amide bonds. The number of benzene rings is 3. The summed E-state index contributed by atoms with van der Waals surface area (Å²) in [5.74, 6) is -0.0918. The average Bonchev–Trinajstić information content (AvgIpc) is 2.81. The smallest absolute Gasteiger partial charge is 0.261 e. The molecule has 0 aliphatic rings. The average molecular weight is 544 g/mol. The third kappa shape index (κ3) is 7.61. The van der Waals surface area contributed by atoms with Crippen LogP contribution < -0.4 is 10.1 Å². The summed E-state index contributed by atoms with van der Waals surface area (Å²) in [5, 5.41) is 3.40. The summed E-state index contributed by atoms with van der Waals surface area (Å²) in [6.07, 6.45) is 0.380. The third-order valence-corrected chi connectivity index (χ3v) is 5.94. The molecule has 1 atom stereocenters. The molecule has 0 saturated carbocycles. The minimum absolute atomic E-state index is 0.0621. The predicted molar refractivity (Wildman–Crippen MR) is 139 cm³/mol. The van der Waals surface area contributed by atoms with Gasteiger partial charge in [-0.25, -0.2) is 0 Å². The number of carbonyl (C=O) groups is 2. The van der Waals surface area contributed by atoms with Gasteiger partial charge in [-0.3, -0.25) is 9.59 Å². The molecular formula is C27H28BrClN2O3. The van der Waals surface area contributed by atoms with Crippen molar-refractivity contribution in [3.8, 4) is 5.75 Å². The molecule has 0 fully saturated rings. The highest BCUT2D eigenvalue weighted by Crippen LogP contribution is 2.24. The first-order chi connectivity index (χ1) is 16.3. The zero-order valence-electron chi connectivity index (χ0n) is 19.2. The van der Waals surface area contributed by atoms with Crippen molar-refractivity contribution in [2.45, 2.75) is 38.9 Å². The molecule has 0 aromatic heterocycles. The van der Waals surface area contributed by atoms with E-state index in [1.165, 1.54) is 0 Å². The quantitative estimate of drug-likeness (QED) is 0.360. The van der Waals surface area contributed by atoms with E-state index < -0.39 is 6.04 Å². The van der Waals surface area contributed by atoms with Crippen molar-refractivity contribution in [1.29, 1.82) is 0 Å². The molecule has 0 aliphatic heterocycles. The van der Waals surface area contributed by atoms with Crippen LogP contribution in [0.5, 0.6) is 5.75 Å². The largest absolute Gasteiger partial charge is 0.482 e. The molecule has 0 spiro atoms. The molecular weight excluding hydrogens is 516 g/mol. The Labute approximate surface area is 214 Å². The molecule has 3 aromatic carbocycles. The lowest BCUT2D eigenvalue weighted by Crippen LogP contribution is -2.52. The van der Waals surface area contributed by atoms with Crippen LogP contribution in [-0.2, 0) is 22.6 Å².